The van der Waals surface area contributed by atoms with Crippen LogP contribution < -0.4 is 23.8 Å². The van der Waals surface area contributed by atoms with Gasteiger partial charge in [0.25, 0.3) is 5.78 Å². The van der Waals surface area contributed by atoms with Crippen LogP contribution in [0.2, 0.25) is 0 Å². The molecule has 2 atom stereocenters. The number of fused-ring (bicyclic) bond motifs is 2. The maximum Gasteiger partial charge on any atom is 0.301 e. The van der Waals surface area contributed by atoms with Crippen molar-refractivity contribution in [3.05, 3.63) is 76.4 Å². The highest BCUT2D eigenvalue weighted by molar-refractivity contribution is 7.22. The fourth-order valence-electron chi connectivity index (χ4n) is 5.45. The second kappa shape index (κ2) is 10.1. The lowest BCUT2D eigenvalue weighted by Gasteiger charge is -2.24. The summed E-state index contributed by atoms with van der Waals surface area (Å²) in [6.07, 6.45) is 0.682. The number of benzene rings is 3. The van der Waals surface area contributed by atoms with Gasteiger partial charge < -0.3 is 24.1 Å². The van der Waals surface area contributed by atoms with Gasteiger partial charge in [0.15, 0.2) is 16.6 Å². The second-order valence-electron chi connectivity index (χ2n) is 10.1. The summed E-state index contributed by atoms with van der Waals surface area (Å²) in [6.45, 7) is 3.94. The van der Waals surface area contributed by atoms with Crippen LogP contribution in [0.3, 0.4) is 0 Å². The molecule has 0 bridgehead atoms. The SMILES string of the molecule is COc1cc(C2C(=C(O)c3ccc4c(c3)CC(C)O4)C(=O)C(=O)N2c2nc3ccc(C)cc3s2)cc(OC)c1OC. The molecule has 0 spiro atoms. The minimum Gasteiger partial charge on any atom is -0.507 e. The smallest absolute Gasteiger partial charge is 0.301 e. The maximum atomic E-state index is 13.7. The summed E-state index contributed by atoms with van der Waals surface area (Å²) in [6, 6.07) is 13.4. The van der Waals surface area contributed by atoms with Gasteiger partial charge in [0.05, 0.1) is 43.2 Å². The van der Waals surface area contributed by atoms with Crippen LogP contribution in [0.5, 0.6) is 23.0 Å². The molecule has 9 nitrogen and oxygen atoms in total. The van der Waals surface area contributed by atoms with Gasteiger partial charge in [-0.15, -0.1) is 0 Å². The van der Waals surface area contributed by atoms with E-state index in [1.165, 1.54) is 37.6 Å². The Morgan fingerprint density at radius 1 is 1.02 bits per heavy atom. The van der Waals surface area contributed by atoms with Gasteiger partial charge in [-0.3, -0.25) is 14.5 Å². The van der Waals surface area contributed by atoms with Gasteiger partial charge in [0.2, 0.25) is 5.75 Å². The number of aryl methyl sites for hydroxylation is 1. The summed E-state index contributed by atoms with van der Waals surface area (Å²) >= 11 is 1.30. The maximum absolute atomic E-state index is 13.7. The van der Waals surface area contributed by atoms with E-state index in [0.717, 1.165) is 21.6 Å². The molecule has 0 saturated carbocycles. The zero-order chi connectivity index (χ0) is 29.0. The van der Waals surface area contributed by atoms with Crippen molar-refractivity contribution in [3.8, 4) is 23.0 Å². The third-order valence-corrected chi connectivity index (χ3v) is 8.37. The van der Waals surface area contributed by atoms with Crippen LogP contribution in [0.25, 0.3) is 16.0 Å². The number of ketones is 1. The van der Waals surface area contributed by atoms with Crippen LogP contribution in [0.1, 0.15) is 35.2 Å². The topological polar surface area (TPSA) is 107 Å². The van der Waals surface area contributed by atoms with Crippen LogP contribution in [0.4, 0.5) is 5.13 Å². The zero-order valence-electron chi connectivity index (χ0n) is 23.2. The van der Waals surface area contributed by atoms with E-state index in [9.17, 15) is 14.7 Å². The van der Waals surface area contributed by atoms with Gasteiger partial charge >= 0.3 is 5.91 Å². The van der Waals surface area contributed by atoms with Crippen molar-refractivity contribution in [2.45, 2.75) is 32.4 Å². The van der Waals surface area contributed by atoms with Crippen molar-refractivity contribution in [1.29, 1.82) is 0 Å². The van der Waals surface area contributed by atoms with Gasteiger partial charge in [-0.25, -0.2) is 4.98 Å². The van der Waals surface area contributed by atoms with Crippen molar-refractivity contribution in [2.24, 2.45) is 0 Å². The van der Waals surface area contributed by atoms with Crippen LogP contribution in [0, 0.1) is 6.92 Å². The van der Waals surface area contributed by atoms with E-state index in [1.54, 1.807) is 30.3 Å². The van der Waals surface area contributed by atoms with E-state index in [2.05, 4.69) is 0 Å². The molecule has 2 aliphatic heterocycles. The number of rotatable bonds is 6. The molecule has 6 rings (SSSR count). The predicted molar refractivity (Wildman–Crippen MR) is 155 cm³/mol. The molecule has 2 aliphatic rings. The lowest BCUT2D eigenvalue weighted by atomic mass is 9.94. The Morgan fingerprint density at radius 2 is 1.76 bits per heavy atom. The van der Waals surface area contributed by atoms with Crippen molar-refractivity contribution >= 4 is 44.1 Å². The van der Waals surface area contributed by atoms with Crippen molar-refractivity contribution in [1.82, 2.24) is 4.98 Å². The molecule has 41 heavy (non-hydrogen) atoms. The highest BCUT2D eigenvalue weighted by Crippen LogP contribution is 2.48. The zero-order valence-corrected chi connectivity index (χ0v) is 24.0. The molecule has 0 radical (unpaired) electrons. The van der Waals surface area contributed by atoms with Gasteiger partial charge in [-0.05, 0) is 73.0 Å². The third kappa shape index (κ3) is 4.35. The lowest BCUT2D eigenvalue weighted by Crippen LogP contribution is -2.29. The monoisotopic (exact) mass is 572 g/mol. The Hall–Kier alpha value is -4.57. The Labute approximate surface area is 240 Å². The van der Waals surface area contributed by atoms with E-state index in [0.29, 0.717) is 45.4 Å². The van der Waals surface area contributed by atoms with E-state index >= 15 is 0 Å². The fourth-order valence-corrected chi connectivity index (χ4v) is 6.54. The van der Waals surface area contributed by atoms with Crippen LogP contribution in [-0.2, 0) is 16.0 Å². The number of amides is 1. The fraction of sp³-hybridized carbons (Fsp3) is 0.258. The summed E-state index contributed by atoms with van der Waals surface area (Å²) in [4.78, 5) is 33.5. The molecule has 1 N–H and O–H groups in total. The Balaban J connectivity index is 1.59. The first-order chi connectivity index (χ1) is 19.7. The Bertz CT molecular complexity index is 1730. The number of hydrogen-bond donors (Lipinski definition) is 1. The number of aliphatic hydroxyl groups is 1. The molecule has 1 fully saturated rings. The summed E-state index contributed by atoms with van der Waals surface area (Å²) in [5, 5.41) is 12.0. The number of nitrogens with zero attached hydrogens (tertiary/aromatic N) is 2. The third-order valence-electron chi connectivity index (χ3n) is 7.36. The minimum atomic E-state index is -1.02. The van der Waals surface area contributed by atoms with E-state index in [1.807, 2.05) is 32.0 Å². The van der Waals surface area contributed by atoms with Crippen molar-refractivity contribution in [3.63, 3.8) is 0 Å². The van der Waals surface area contributed by atoms with Crippen LogP contribution in [0.15, 0.2) is 54.1 Å². The number of aliphatic hydroxyl groups excluding tert-OH is 1. The highest BCUT2D eigenvalue weighted by Gasteiger charge is 2.48. The first-order valence-corrected chi connectivity index (χ1v) is 13.8. The number of methoxy groups -OCH3 is 3. The molecule has 1 saturated heterocycles. The first-order valence-electron chi connectivity index (χ1n) is 13.0. The molecule has 210 valence electrons. The standard InChI is InChI=1S/C31H28N2O7S/c1-15-6-8-20-24(10-15)41-31(32-20)33-26(19-13-22(37-3)29(39-5)23(14-19)38-4)25(28(35)30(33)36)27(34)17-7-9-21-18(12-17)11-16(2)40-21/h6-10,12-14,16,26,34H,11H2,1-5H3. The number of aromatic nitrogens is 1. The molecular formula is C31H28N2O7S. The number of thiazole rings is 1. The molecule has 3 heterocycles. The van der Waals surface area contributed by atoms with Crippen LogP contribution >= 0.6 is 11.3 Å². The quantitative estimate of drug-likeness (QED) is 0.181. The lowest BCUT2D eigenvalue weighted by molar-refractivity contribution is -0.132. The number of hydrogen-bond acceptors (Lipinski definition) is 9. The van der Waals surface area contributed by atoms with Crippen molar-refractivity contribution in [2.75, 3.05) is 26.2 Å². The molecular weight excluding hydrogens is 544 g/mol. The molecule has 10 heteroatoms. The predicted octanol–water partition coefficient (Wildman–Crippen LogP) is 5.58. The Morgan fingerprint density at radius 3 is 2.44 bits per heavy atom. The minimum absolute atomic E-state index is 0.00915. The first kappa shape index (κ1) is 26.6. The number of carbonyl (C=O) groups is 2. The van der Waals surface area contributed by atoms with E-state index in [4.69, 9.17) is 23.9 Å². The molecule has 1 aromatic heterocycles. The number of anilines is 1. The molecule has 3 aromatic carbocycles. The van der Waals surface area contributed by atoms with E-state index in [-0.39, 0.29) is 17.4 Å². The molecule has 0 aliphatic carbocycles. The largest absolute Gasteiger partial charge is 0.507 e. The van der Waals surface area contributed by atoms with Gasteiger partial charge in [-0.2, -0.15) is 0 Å². The van der Waals surface area contributed by atoms with Crippen molar-refractivity contribution < 1.29 is 33.6 Å². The number of carbonyl (C=O) groups excluding carboxylic acids is 2. The second-order valence-corrected chi connectivity index (χ2v) is 11.1. The summed E-state index contributed by atoms with van der Waals surface area (Å²) < 4.78 is 23.3. The van der Waals surface area contributed by atoms with E-state index < -0.39 is 17.7 Å². The summed E-state index contributed by atoms with van der Waals surface area (Å²) in [5.41, 5.74) is 3.50. The van der Waals surface area contributed by atoms with Gasteiger partial charge in [0, 0.05) is 12.0 Å². The average molecular weight is 573 g/mol. The molecule has 4 aromatic rings. The number of Topliss-reactive ketones (excluding diaryl/α,β-unsaturated/α-hetero) is 1. The van der Waals surface area contributed by atoms with Crippen LogP contribution in [-0.4, -0.2) is 49.2 Å². The highest BCUT2D eigenvalue weighted by atomic mass is 32.1. The van der Waals surface area contributed by atoms with Gasteiger partial charge in [0.1, 0.15) is 17.6 Å². The summed E-state index contributed by atoms with van der Waals surface area (Å²) in [5.74, 6) is -0.115. The van der Waals surface area contributed by atoms with Gasteiger partial charge in [-0.1, -0.05) is 17.4 Å². The summed E-state index contributed by atoms with van der Waals surface area (Å²) in [7, 11) is 4.47. The Kier molecular flexibility index (Phi) is 6.57. The number of ether oxygens (including phenoxy) is 4. The average Bonchev–Trinajstić information content (AvgIpc) is 3.63. The molecule has 1 amide bonds. The normalized spacial score (nSPS) is 19.4. The molecule has 2 unspecified atom stereocenters.